The Bertz CT molecular complexity index is 1030. The molecule has 2 heterocycles. The van der Waals surface area contributed by atoms with Crippen molar-refractivity contribution < 1.29 is 28.3 Å². The molecule has 0 aliphatic carbocycles. The van der Waals surface area contributed by atoms with Crippen LogP contribution in [0.4, 0.5) is 8.78 Å². The van der Waals surface area contributed by atoms with Crippen LogP contribution in [0.1, 0.15) is 19.4 Å². The fourth-order valence-corrected chi connectivity index (χ4v) is 2.78. The van der Waals surface area contributed by atoms with E-state index in [1.807, 2.05) is 0 Å². The fraction of sp³-hybridized carbons (Fsp3) is 0.211. The molecule has 2 N–H and O–H groups in total. The van der Waals surface area contributed by atoms with Crippen molar-refractivity contribution in [3.63, 3.8) is 0 Å². The van der Waals surface area contributed by atoms with Crippen molar-refractivity contribution in [3.8, 4) is 17.4 Å². The van der Waals surface area contributed by atoms with E-state index >= 15 is 0 Å². The van der Waals surface area contributed by atoms with E-state index in [0.29, 0.717) is 22.7 Å². The Balaban J connectivity index is 2.01. The number of fused-ring (bicyclic) bond motifs is 1. The first-order valence-electron chi connectivity index (χ1n) is 8.19. The van der Waals surface area contributed by atoms with Crippen LogP contribution in [-0.4, -0.2) is 28.2 Å². The van der Waals surface area contributed by atoms with Crippen LogP contribution in [0.15, 0.2) is 36.5 Å². The smallest absolute Gasteiger partial charge is 0.253 e. The van der Waals surface area contributed by atoms with Crippen molar-refractivity contribution in [2.75, 3.05) is 7.11 Å². The Morgan fingerprint density at radius 1 is 1.18 bits per heavy atom. The Morgan fingerprint density at radius 2 is 1.86 bits per heavy atom. The minimum Gasteiger partial charge on any atom is -0.481 e. The van der Waals surface area contributed by atoms with Crippen LogP contribution in [0.3, 0.4) is 0 Å². The summed E-state index contributed by atoms with van der Waals surface area (Å²) in [4.78, 5) is 20.1. The molecule has 0 spiro atoms. The number of nitrogens with zero attached hydrogens (tertiary/aromatic N) is 2. The highest BCUT2D eigenvalue weighted by Crippen LogP contribution is 2.34. The van der Waals surface area contributed by atoms with Gasteiger partial charge in [-0.1, -0.05) is 0 Å². The summed E-state index contributed by atoms with van der Waals surface area (Å²) >= 11 is 0. The van der Waals surface area contributed by atoms with Gasteiger partial charge in [0.15, 0.2) is 5.65 Å². The normalized spacial score (nSPS) is 11.4. The molecule has 0 aliphatic heterocycles. The lowest BCUT2D eigenvalue weighted by atomic mass is 9.83. The van der Waals surface area contributed by atoms with Crippen LogP contribution in [0.5, 0.6) is 17.4 Å². The Kier molecular flexibility index (Phi) is 5.10. The maximum Gasteiger partial charge on any atom is 0.253 e. The zero-order valence-electron chi connectivity index (χ0n) is 15.3. The third kappa shape index (κ3) is 3.44. The van der Waals surface area contributed by atoms with Gasteiger partial charge in [-0.3, -0.25) is 10.0 Å². The molecule has 0 saturated carbocycles. The number of halogens is 2. The van der Waals surface area contributed by atoms with Gasteiger partial charge in [0.25, 0.3) is 5.91 Å². The summed E-state index contributed by atoms with van der Waals surface area (Å²) in [6.07, 6.45) is 1.44. The van der Waals surface area contributed by atoms with Gasteiger partial charge in [-0.2, -0.15) is 4.98 Å². The third-order valence-electron chi connectivity index (χ3n) is 4.28. The van der Waals surface area contributed by atoms with Crippen molar-refractivity contribution in [3.05, 3.63) is 53.7 Å². The highest BCUT2D eigenvalue weighted by atomic mass is 19.1. The number of nitrogens with one attached hydrogen (secondary N) is 1. The molecule has 0 atom stereocenters. The molecule has 3 aromatic rings. The number of rotatable bonds is 5. The van der Waals surface area contributed by atoms with Crippen LogP contribution in [-0.2, 0) is 10.2 Å². The number of hydrogen-bond acceptors (Lipinski definition) is 6. The molecule has 0 saturated heterocycles. The SMILES string of the molecule is COc1ccc2c(Oc3cc(F)c(C(C)(C)C(=O)NO)c(F)c3)ccnc2n1. The highest BCUT2D eigenvalue weighted by molar-refractivity contribution is 5.86. The maximum absolute atomic E-state index is 14.6. The van der Waals surface area contributed by atoms with Gasteiger partial charge < -0.3 is 9.47 Å². The topological polar surface area (TPSA) is 93.6 Å². The first kappa shape index (κ1) is 19.4. The van der Waals surface area contributed by atoms with Crippen LogP contribution < -0.4 is 15.0 Å². The second-order valence-electron chi connectivity index (χ2n) is 6.46. The van der Waals surface area contributed by atoms with Crippen molar-refractivity contribution in [1.29, 1.82) is 0 Å². The van der Waals surface area contributed by atoms with E-state index in [2.05, 4.69) is 9.97 Å². The lowest BCUT2D eigenvalue weighted by molar-refractivity contribution is -0.134. The summed E-state index contributed by atoms with van der Waals surface area (Å²) in [5.41, 5.74) is -0.365. The molecule has 28 heavy (non-hydrogen) atoms. The summed E-state index contributed by atoms with van der Waals surface area (Å²) in [7, 11) is 1.47. The first-order chi connectivity index (χ1) is 13.3. The quantitative estimate of drug-likeness (QED) is 0.513. The van der Waals surface area contributed by atoms with E-state index in [1.165, 1.54) is 38.7 Å². The number of hydroxylamine groups is 1. The predicted molar refractivity (Wildman–Crippen MR) is 95.5 cm³/mol. The predicted octanol–water partition coefficient (Wildman–Crippen LogP) is 3.49. The van der Waals surface area contributed by atoms with Crippen LogP contribution in [0, 0.1) is 11.6 Å². The summed E-state index contributed by atoms with van der Waals surface area (Å²) < 4.78 is 39.9. The molecule has 0 radical (unpaired) electrons. The second kappa shape index (κ2) is 7.35. The molecule has 0 aliphatic rings. The van der Waals surface area contributed by atoms with Gasteiger partial charge in [0.2, 0.25) is 5.88 Å². The van der Waals surface area contributed by atoms with E-state index < -0.39 is 28.5 Å². The van der Waals surface area contributed by atoms with Gasteiger partial charge >= 0.3 is 0 Å². The Morgan fingerprint density at radius 3 is 2.46 bits per heavy atom. The molecule has 0 unspecified atom stereocenters. The molecule has 9 heteroatoms. The molecule has 0 fully saturated rings. The standard InChI is InChI=1S/C19H17F2N3O4/c1-19(2,18(25)24-26)16-12(20)8-10(9-13(16)21)28-14-6-7-22-17-11(14)4-5-15(23-17)27-3/h4-9,26H,1-3H3,(H,24,25). The fourth-order valence-electron chi connectivity index (χ4n) is 2.78. The number of carbonyl (C=O) groups is 1. The first-order valence-corrected chi connectivity index (χ1v) is 8.19. The van der Waals surface area contributed by atoms with Gasteiger partial charge in [-0.15, -0.1) is 0 Å². The second-order valence-corrected chi connectivity index (χ2v) is 6.46. The van der Waals surface area contributed by atoms with E-state index in [9.17, 15) is 13.6 Å². The number of benzene rings is 1. The number of pyridine rings is 2. The van der Waals surface area contributed by atoms with Crippen molar-refractivity contribution >= 4 is 16.9 Å². The van der Waals surface area contributed by atoms with Gasteiger partial charge in [-0.05, 0) is 26.0 Å². The highest BCUT2D eigenvalue weighted by Gasteiger charge is 2.35. The number of hydrogen-bond donors (Lipinski definition) is 2. The molecule has 146 valence electrons. The summed E-state index contributed by atoms with van der Waals surface area (Å²) in [5.74, 6) is -2.37. The summed E-state index contributed by atoms with van der Waals surface area (Å²) in [6.45, 7) is 2.58. The number of methoxy groups -OCH3 is 1. The van der Waals surface area contributed by atoms with E-state index in [1.54, 1.807) is 12.1 Å². The zero-order chi connectivity index (χ0) is 20.5. The molecule has 1 aromatic carbocycles. The maximum atomic E-state index is 14.6. The minimum atomic E-state index is -1.63. The van der Waals surface area contributed by atoms with Gasteiger partial charge in [0.05, 0.1) is 17.9 Å². The molecule has 1 amide bonds. The monoisotopic (exact) mass is 389 g/mol. The molecular formula is C19H17F2N3O4. The van der Waals surface area contributed by atoms with E-state index in [-0.39, 0.29) is 5.75 Å². The molecule has 0 bridgehead atoms. The molecule has 3 rings (SSSR count). The van der Waals surface area contributed by atoms with Crippen molar-refractivity contribution in [1.82, 2.24) is 15.4 Å². The van der Waals surface area contributed by atoms with E-state index in [4.69, 9.17) is 14.7 Å². The Labute approximate surface area is 158 Å². The zero-order valence-corrected chi connectivity index (χ0v) is 15.3. The molecular weight excluding hydrogens is 372 g/mol. The summed E-state index contributed by atoms with van der Waals surface area (Å²) in [5, 5.41) is 9.33. The number of carbonyl (C=O) groups excluding carboxylic acids is 1. The average Bonchev–Trinajstić information content (AvgIpc) is 2.66. The minimum absolute atomic E-state index is 0.109. The molecule has 2 aromatic heterocycles. The number of ether oxygens (including phenoxy) is 2. The van der Waals surface area contributed by atoms with E-state index in [0.717, 1.165) is 12.1 Å². The van der Waals surface area contributed by atoms with Crippen LogP contribution >= 0.6 is 0 Å². The Hall–Kier alpha value is -3.33. The largest absolute Gasteiger partial charge is 0.481 e. The van der Waals surface area contributed by atoms with Crippen molar-refractivity contribution in [2.45, 2.75) is 19.3 Å². The van der Waals surface area contributed by atoms with Gasteiger partial charge in [-0.25, -0.2) is 19.2 Å². The molecule has 7 nitrogen and oxygen atoms in total. The number of amides is 1. The third-order valence-corrected chi connectivity index (χ3v) is 4.28. The summed E-state index contributed by atoms with van der Waals surface area (Å²) in [6, 6.07) is 6.74. The van der Waals surface area contributed by atoms with Crippen LogP contribution in [0.2, 0.25) is 0 Å². The van der Waals surface area contributed by atoms with Crippen LogP contribution in [0.25, 0.3) is 11.0 Å². The lowest BCUT2D eigenvalue weighted by Gasteiger charge is -2.24. The van der Waals surface area contributed by atoms with Gasteiger partial charge in [0, 0.05) is 30.0 Å². The van der Waals surface area contributed by atoms with Crippen molar-refractivity contribution in [2.24, 2.45) is 0 Å². The number of aromatic nitrogens is 2. The lowest BCUT2D eigenvalue weighted by Crippen LogP contribution is -2.39. The average molecular weight is 389 g/mol. The van der Waals surface area contributed by atoms with Gasteiger partial charge in [0.1, 0.15) is 23.1 Å².